The van der Waals surface area contributed by atoms with Crippen molar-refractivity contribution < 1.29 is 14.3 Å². The fourth-order valence-corrected chi connectivity index (χ4v) is 4.07. The van der Waals surface area contributed by atoms with Crippen LogP contribution in [-0.2, 0) is 22.1 Å². The Bertz CT molecular complexity index is 839. The Morgan fingerprint density at radius 1 is 1.38 bits per heavy atom. The highest BCUT2D eigenvalue weighted by Crippen LogP contribution is 2.53. The van der Waals surface area contributed by atoms with Crippen LogP contribution in [0, 0.1) is 0 Å². The van der Waals surface area contributed by atoms with Crippen molar-refractivity contribution in [3.8, 4) is 0 Å². The van der Waals surface area contributed by atoms with Gasteiger partial charge in [-0.2, -0.15) is 5.10 Å². The molecule has 8 nitrogen and oxygen atoms in total. The van der Waals surface area contributed by atoms with Gasteiger partial charge < -0.3 is 19.7 Å². The second-order valence-electron chi connectivity index (χ2n) is 6.98. The van der Waals surface area contributed by atoms with E-state index in [1.54, 1.807) is 31.3 Å². The molecule has 0 atom stereocenters. The van der Waals surface area contributed by atoms with Crippen LogP contribution in [0.25, 0.3) is 0 Å². The summed E-state index contributed by atoms with van der Waals surface area (Å²) in [5.41, 5.74) is 2.00. The fraction of sp³-hybridized carbons (Fsp3) is 0.500. The Kier molecular flexibility index (Phi) is 3.96. The first-order valence-corrected chi connectivity index (χ1v) is 8.59. The van der Waals surface area contributed by atoms with E-state index in [-0.39, 0.29) is 11.4 Å². The molecule has 1 aliphatic carbocycles. The molecular formula is C18H23N5O3. The van der Waals surface area contributed by atoms with Crippen molar-refractivity contribution in [1.29, 1.82) is 0 Å². The molecule has 4 heterocycles. The van der Waals surface area contributed by atoms with Crippen molar-refractivity contribution in [2.75, 3.05) is 26.6 Å². The van der Waals surface area contributed by atoms with Crippen LogP contribution in [0.4, 0.5) is 5.82 Å². The highest BCUT2D eigenvalue weighted by molar-refractivity contribution is 5.94. The van der Waals surface area contributed by atoms with E-state index in [4.69, 9.17) is 9.47 Å². The maximum Gasteiger partial charge on any atom is 0.257 e. The molecule has 2 aromatic rings. The summed E-state index contributed by atoms with van der Waals surface area (Å²) in [6.07, 6.45) is 4.60. The molecule has 2 bridgehead atoms. The van der Waals surface area contributed by atoms with Gasteiger partial charge in [-0.05, 0) is 18.9 Å². The maximum absolute atomic E-state index is 13.0. The molecule has 2 aromatic heterocycles. The quantitative estimate of drug-likeness (QED) is 0.820. The standard InChI is InChI=1S/C18H23N5O3/c1-22-10-11(9-19-22)16(24)23(2)18-7-12(8-18)20-15-13(18)5-6-14(21-15)17(25-3)26-4/h5-6,9-10,12,17H,7-8H2,1-4H3,(H,20,21). The molecule has 8 heteroatoms. The SMILES string of the molecule is COC(OC)c1ccc2c(n1)NC1CC2(N(C)C(=O)c2cnn(C)c2)C1. The summed E-state index contributed by atoms with van der Waals surface area (Å²) in [5, 5.41) is 7.57. The minimum Gasteiger partial charge on any atom is -0.367 e. The number of nitrogens with zero attached hydrogens (tertiary/aromatic N) is 4. The molecule has 5 rings (SSSR count). The third-order valence-electron chi connectivity index (χ3n) is 5.50. The lowest BCUT2D eigenvalue weighted by atomic mass is 9.64. The van der Waals surface area contributed by atoms with Gasteiger partial charge in [0.15, 0.2) is 0 Å². The molecule has 2 aliphatic heterocycles. The molecule has 0 spiro atoms. The molecule has 138 valence electrons. The number of hydrogen-bond acceptors (Lipinski definition) is 6. The van der Waals surface area contributed by atoms with E-state index in [0.29, 0.717) is 17.3 Å². The Hall–Kier alpha value is -2.45. The van der Waals surface area contributed by atoms with Crippen LogP contribution in [0.3, 0.4) is 0 Å². The number of rotatable bonds is 5. The first-order chi connectivity index (χ1) is 12.5. The monoisotopic (exact) mass is 357 g/mol. The number of carbonyl (C=O) groups excluding carboxylic acids is 1. The van der Waals surface area contributed by atoms with Gasteiger partial charge in [0.25, 0.3) is 5.91 Å². The molecule has 1 fully saturated rings. The number of anilines is 1. The highest BCUT2D eigenvalue weighted by Gasteiger charge is 2.55. The number of aryl methyl sites for hydroxylation is 1. The Balaban J connectivity index is 1.68. The summed E-state index contributed by atoms with van der Waals surface area (Å²) >= 11 is 0. The van der Waals surface area contributed by atoms with Gasteiger partial charge in [-0.1, -0.05) is 6.07 Å². The second kappa shape index (κ2) is 6.07. The van der Waals surface area contributed by atoms with Crippen LogP contribution in [0.5, 0.6) is 0 Å². The number of methoxy groups -OCH3 is 2. The third kappa shape index (κ3) is 2.40. The molecule has 26 heavy (non-hydrogen) atoms. The number of amides is 1. The van der Waals surface area contributed by atoms with Gasteiger partial charge in [0.05, 0.1) is 23.0 Å². The predicted octanol–water partition coefficient (Wildman–Crippen LogP) is 1.66. The lowest BCUT2D eigenvalue weighted by molar-refractivity contribution is -0.108. The molecule has 3 aliphatic rings. The Labute approximate surface area is 152 Å². The van der Waals surface area contributed by atoms with E-state index >= 15 is 0 Å². The molecule has 0 radical (unpaired) electrons. The largest absolute Gasteiger partial charge is 0.367 e. The maximum atomic E-state index is 13.0. The highest BCUT2D eigenvalue weighted by atomic mass is 16.7. The van der Waals surface area contributed by atoms with Gasteiger partial charge in [0.2, 0.25) is 6.29 Å². The van der Waals surface area contributed by atoms with Crippen LogP contribution < -0.4 is 5.32 Å². The van der Waals surface area contributed by atoms with E-state index in [0.717, 1.165) is 24.2 Å². The summed E-state index contributed by atoms with van der Waals surface area (Å²) < 4.78 is 12.2. The third-order valence-corrected chi connectivity index (χ3v) is 5.50. The molecule has 1 N–H and O–H groups in total. The van der Waals surface area contributed by atoms with Crippen molar-refractivity contribution in [2.24, 2.45) is 7.05 Å². The summed E-state index contributed by atoms with van der Waals surface area (Å²) in [6.45, 7) is 0. The van der Waals surface area contributed by atoms with E-state index in [1.165, 1.54) is 0 Å². The van der Waals surface area contributed by atoms with Crippen molar-refractivity contribution in [3.05, 3.63) is 41.3 Å². The van der Waals surface area contributed by atoms with Crippen molar-refractivity contribution in [1.82, 2.24) is 19.7 Å². The van der Waals surface area contributed by atoms with Gasteiger partial charge in [-0.25, -0.2) is 4.98 Å². The summed E-state index contributed by atoms with van der Waals surface area (Å²) in [5.74, 6) is 0.773. The average Bonchev–Trinajstić information content (AvgIpc) is 3.06. The van der Waals surface area contributed by atoms with Crippen LogP contribution in [0.2, 0.25) is 0 Å². The molecular weight excluding hydrogens is 334 g/mol. The molecule has 0 aromatic carbocycles. The van der Waals surface area contributed by atoms with Crippen LogP contribution >= 0.6 is 0 Å². The summed E-state index contributed by atoms with van der Waals surface area (Å²) in [6, 6.07) is 4.25. The van der Waals surface area contributed by atoms with E-state index in [9.17, 15) is 4.79 Å². The Morgan fingerprint density at radius 3 is 2.73 bits per heavy atom. The van der Waals surface area contributed by atoms with Crippen molar-refractivity contribution in [3.63, 3.8) is 0 Å². The average molecular weight is 357 g/mol. The number of carbonyl (C=O) groups is 1. The smallest absolute Gasteiger partial charge is 0.257 e. The first kappa shape index (κ1) is 17.0. The fourth-order valence-electron chi connectivity index (χ4n) is 4.07. The van der Waals surface area contributed by atoms with Gasteiger partial charge >= 0.3 is 0 Å². The molecule has 1 amide bonds. The second-order valence-corrected chi connectivity index (χ2v) is 6.98. The number of pyridine rings is 1. The van der Waals surface area contributed by atoms with E-state index < -0.39 is 6.29 Å². The van der Waals surface area contributed by atoms with Crippen LogP contribution in [0.1, 0.15) is 40.7 Å². The zero-order valence-corrected chi connectivity index (χ0v) is 15.4. The van der Waals surface area contributed by atoms with Gasteiger partial charge in [0.1, 0.15) is 5.82 Å². The minimum absolute atomic E-state index is 0.0277. The Morgan fingerprint density at radius 2 is 2.12 bits per heavy atom. The topological polar surface area (TPSA) is 81.5 Å². The van der Waals surface area contributed by atoms with E-state index in [2.05, 4.69) is 15.4 Å². The van der Waals surface area contributed by atoms with Crippen molar-refractivity contribution in [2.45, 2.75) is 30.7 Å². The van der Waals surface area contributed by atoms with Crippen LogP contribution in [-0.4, -0.2) is 52.9 Å². The zero-order chi connectivity index (χ0) is 18.5. The van der Waals surface area contributed by atoms with E-state index in [1.807, 2.05) is 31.1 Å². The van der Waals surface area contributed by atoms with Gasteiger partial charge in [-0.3, -0.25) is 9.48 Å². The van der Waals surface area contributed by atoms with Crippen molar-refractivity contribution >= 4 is 11.7 Å². The lowest BCUT2D eigenvalue weighted by Gasteiger charge is -2.57. The molecule has 0 saturated heterocycles. The zero-order valence-electron chi connectivity index (χ0n) is 15.4. The first-order valence-electron chi connectivity index (χ1n) is 8.59. The summed E-state index contributed by atoms with van der Waals surface area (Å²) in [7, 11) is 6.84. The normalized spacial score (nSPS) is 23.2. The minimum atomic E-state index is -0.508. The lowest BCUT2D eigenvalue weighted by Crippen LogP contribution is -2.62. The van der Waals surface area contributed by atoms with Crippen LogP contribution in [0.15, 0.2) is 24.5 Å². The van der Waals surface area contributed by atoms with Gasteiger partial charge in [-0.15, -0.1) is 0 Å². The number of aromatic nitrogens is 3. The molecule has 1 saturated carbocycles. The number of hydrogen-bond donors (Lipinski definition) is 1. The van der Waals surface area contributed by atoms with Gasteiger partial charge in [0, 0.05) is 46.1 Å². The number of ether oxygens (including phenoxy) is 2. The molecule has 0 unspecified atom stereocenters. The number of nitrogens with one attached hydrogen (secondary N) is 1. The summed E-state index contributed by atoms with van der Waals surface area (Å²) in [4.78, 5) is 19.5. The predicted molar refractivity (Wildman–Crippen MR) is 94.6 cm³/mol.